The first-order chi connectivity index (χ1) is 19.3. The summed E-state index contributed by atoms with van der Waals surface area (Å²) in [5, 5.41) is 10.3. The average molecular weight is 554 g/mol. The number of aryl methyl sites for hydroxylation is 1. The van der Waals surface area contributed by atoms with E-state index in [2.05, 4.69) is 62.3 Å². The van der Waals surface area contributed by atoms with Gasteiger partial charge in [-0.15, -0.1) is 0 Å². The van der Waals surface area contributed by atoms with E-state index in [0.29, 0.717) is 34.8 Å². The molecule has 0 aliphatic carbocycles. The number of methoxy groups -OCH3 is 1. The van der Waals surface area contributed by atoms with Gasteiger partial charge >= 0.3 is 0 Å². The second-order valence-electron chi connectivity index (χ2n) is 12.4. The molecular formula is C33H39N5O3. The van der Waals surface area contributed by atoms with E-state index < -0.39 is 0 Å². The minimum absolute atomic E-state index is 0.00205. The summed E-state index contributed by atoms with van der Waals surface area (Å²) >= 11 is 0. The van der Waals surface area contributed by atoms with Crippen LogP contribution in [-0.4, -0.2) is 40.2 Å². The maximum atomic E-state index is 13.7. The fraction of sp³-hybridized carbons (Fsp3) is 0.333. The molecule has 2 aromatic carbocycles. The summed E-state index contributed by atoms with van der Waals surface area (Å²) in [6.07, 6.45) is 5.15. The zero-order valence-corrected chi connectivity index (χ0v) is 25.1. The van der Waals surface area contributed by atoms with Gasteiger partial charge in [0, 0.05) is 35.8 Å². The number of rotatable bonds is 7. The molecule has 0 bridgehead atoms. The summed E-state index contributed by atoms with van der Waals surface area (Å²) in [6, 6.07) is 15.0. The molecule has 0 aliphatic heterocycles. The summed E-state index contributed by atoms with van der Waals surface area (Å²) in [5.74, 6) is 0.00639. The van der Waals surface area contributed by atoms with Gasteiger partial charge in [-0.25, -0.2) is 4.68 Å². The highest BCUT2D eigenvalue weighted by atomic mass is 16.5. The fourth-order valence-electron chi connectivity index (χ4n) is 4.35. The van der Waals surface area contributed by atoms with Crippen LogP contribution in [0.15, 0.2) is 67.1 Å². The van der Waals surface area contributed by atoms with Crippen LogP contribution in [0.4, 0.5) is 5.69 Å². The second-order valence-corrected chi connectivity index (χ2v) is 12.4. The Morgan fingerprint density at radius 3 is 2.27 bits per heavy atom. The Kier molecular flexibility index (Phi) is 8.33. The molecular weight excluding hydrogens is 514 g/mol. The lowest BCUT2D eigenvalue weighted by Crippen LogP contribution is -2.32. The number of aromatic nitrogens is 3. The highest BCUT2D eigenvalue weighted by Gasteiger charge is 2.24. The minimum Gasteiger partial charge on any atom is -0.494 e. The van der Waals surface area contributed by atoms with Crippen LogP contribution >= 0.6 is 0 Å². The molecule has 2 heterocycles. The van der Waals surface area contributed by atoms with E-state index in [0.717, 1.165) is 22.4 Å². The molecule has 0 atom stereocenters. The molecule has 2 N–H and O–H groups in total. The van der Waals surface area contributed by atoms with Crippen molar-refractivity contribution in [3.8, 4) is 22.6 Å². The number of hydrogen-bond acceptors (Lipinski definition) is 5. The molecule has 8 heteroatoms. The van der Waals surface area contributed by atoms with E-state index in [4.69, 9.17) is 4.74 Å². The summed E-state index contributed by atoms with van der Waals surface area (Å²) in [4.78, 5) is 30.8. The van der Waals surface area contributed by atoms with Gasteiger partial charge in [0.1, 0.15) is 5.69 Å². The van der Waals surface area contributed by atoms with Gasteiger partial charge in [-0.1, -0.05) is 53.7 Å². The average Bonchev–Trinajstić information content (AvgIpc) is 3.46. The Balaban J connectivity index is 1.63. The monoisotopic (exact) mass is 553 g/mol. The van der Waals surface area contributed by atoms with Crippen LogP contribution in [0.5, 0.6) is 5.75 Å². The third kappa shape index (κ3) is 7.01. The molecule has 0 saturated heterocycles. The number of carbonyl (C=O) groups is 2. The lowest BCUT2D eigenvalue weighted by Gasteiger charge is -2.23. The van der Waals surface area contributed by atoms with Crippen molar-refractivity contribution >= 4 is 17.5 Å². The molecule has 2 aromatic heterocycles. The van der Waals surface area contributed by atoms with Gasteiger partial charge in [0.25, 0.3) is 11.8 Å². The largest absolute Gasteiger partial charge is 0.494 e. The maximum Gasteiger partial charge on any atom is 0.259 e. The number of pyridine rings is 1. The summed E-state index contributed by atoms with van der Waals surface area (Å²) in [5.41, 5.74) is 5.55. The predicted octanol–water partition coefficient (Wildman–Crippen LogP) is 6.58. The number of benzene rings is 2. The van der Waals surface area contributed by atoms with Gasteiger partial charge in [0.05, 0.1) is 24.6 Å². The Morgan fingerprint density at radius 2 is 1.68 bits per heavy atom. The lowest BCUT2D eigenvalue weighted by molar-refractivity contribution is 0.0938. The number of nitrogens with one attached hydrogen (secondary N) is 2. The van der Waals surface area contributed by atoms with E-state index in [1.807, 2.05) is 49.5 Å². The molecule has 0 radical (unpaired) electrons. The van der Waals surface area contributed by atoms with Crippen molar-refractivity contribution < 1.29 is 14.3 Å². The van der Waals surface area contributed by atoms with Gasteiger partial charge in [-0.3, -0.25) is 14.6 Å². The van der Waals surface area contributed by atoms with E-state index >= 15 is 0 Å². The molecule has 41 heavy (non-hydrogen) atoms. The molecule has 0 fully saturated rings. The Hall–Kier alpha value is -4.46. The normalized spacial score (nSPS) is 11.7. The second kappa shape index (κ2) is 11.6. The quantitative estimate of drug-likeness (QED) is 0.270. The first kappa shape index (κ1) is 29.5. The van der Waals surface area contributed by atoms with Crippen LogP contribution in [0.3, 0.4) is 0 Å². The third-order valence-electron chi connectivity index (χ3n) is 6.72. The van der Waals surface area contributed by atoms with E-state index in [9.17, 15) is 9.59 Å². The van der Waals surface area contributed by atoms with Gasteiger partial charge in [0.2, 0.25) is 0 Å². The van der Waals surface area contributed by atoms with Crippen molar-refractivity contribution in [3.05, 3.63) is 89.5 Å². The Labute approximate surface area is 242 Å². The summed E-state index contributed by atoms with van der Waals surface area (Å²) in [7, 11) is 1.55. The zero-order valence-electron chi connectivity index (χ0n) is 25.1. The number of hydrogen-bond donors (Lipinski definition) is 2. The first-order valence-corrected chi connectivity index (χ1v) is 13.7. The Morgan fingerprint density at radius 1 is 0.976 bits per heavy atom. The van der Waals surface area contributed by atoms with Crippen LogP contribution in [0.25, 0.3) is 16.8 Å². The summed E-state index contributed by atoms with van der Waals surface area (Å²) in [6.45, 7) is 15.0. The van der Waals surface area contributed by atoms with Crippen molar-refractivity contribution in [2.24, 2.45) is 5.41 Å². The molecule has 0 aliphatic rings. The third-order valence-corrected chi connectivity index (χ3v) is 6.72. The molecule has 4 aromatic rings. The standard InChI is InChI=1S/C33H39N5O3/c1-21-26(22-10-12-23(13-11-22)30(39)35-20-32(2,3)4)18-25(19-34-21)37-31(40)27-16-24(33(5,6)7)17-28(29(27)41-8)38-15-9-14-36-38/h9-19H,20H2,1-8H3,(H,35,39)(H,37,40). The van der Waals surface area contributed by atoms with Gasteiger partial charge in [-0.05, 0) is 65.3 Å². The molecule has 0 unspecified atom stereocenters. The van der Waals surface area contributed by atoms with Gasteiger partial charge < -0.3 is 15.4 Å². The maximum absolute atomic E-state index is 13.7. The van der Waals surface area contributed by atoms with Crippen molar-refractivity contribution in [2.75, 3.05) is 19.0 Å². The fourth-order valence-corrected chi connectivity index (χ4v) is 4.35. The molecule has 8 nitrogen and oxygen atoms in total. The SMILES string of the molecule is COc1c(C(=O)Nc2cnc(C)c(-c3ccc(C(=O)NCC(C)(C)C)cc3)c2)cc(C(C)(C)C)cc1-n1cccn1. The molecule has 0 saturated carbocycles. The van der Waals surface area contributed by atoms with Crippen LogP contribution in [-0.2, 0) is 5.41 Å². The van der Waals surface area contributed by atoms with Gasteiger partial charge in [-0.2, -0.15) is 5.10 Å². The Bertz CT molecular complexity index is 1540. The van der Waals surface area contributed by atoms with Crippen molar-refractivity contribution in [1.29, 1.82) is 0 Å². The van der Waals surface area contributed by atoms with E-state index in [1.54, 1.807) is 36.3 Å². The van der Waals surface area contributed by atoms with E-state index in [-0.39, 0.29) is 22.6 Å². The highest BCUT2D eigenvalue weighted by molar-refractivity contribution is 6.07. The molecule has 4 rings (SSSR count). The van der Waals surface area contributed by atoms with E-state index in [1.165, 1.54) is 0 Å². The highest BCUT2D eigenvalue weighted by Crippen LogP contribution is 2.35. The minimum atomic E-state index is -0.316. The number of nitrogens with zero attached hydrogens (tertiary/aromatic N) is 3. The van der Waals surface area contributed by atoms with Gasteiger partial charge in [0.15, 0.2) is 5.75 Å². The lowest BCUT2D eigenvalue weighted by atomic mass is 9.85. The van der Waals surface area contributed by atoms with Crippen LogP contribution in [0.2, 0.25) is 0 Å². The first-order valence-electron chi connectivity index (χ1n) is 13.7. The molecule has 0 spiro atoms. The smallest absolute Gasteiger partial charge is 0.259 e. The number of ether oxygens (including phenoxy) is 1. The van der Waals surface area contributed by atoms with Crippen LogP contribution in [0.1, 0.15) is 73.5 Å². The van der Waals surface area contributed by atoms with Crippen LogP contribution in [0, 0.1) is 12.3 Å². The number of carbonyl (C=O) groups excluding carboxylic acids is 2. The summed E-state index contributed by atoms with van der Waals surface area (Å²) < 4.78 is 7.43. The molecule has 214 valence electrons. The van der Waals surface area contributed by atoms with Crippen LogP contribution < -0.4 is 15.4 Å². The topological polar surface area (TPSA) is 98.1 Å². The zero-order chi connectivity index (χ0) is 29.9. The van der Waals surface area contributed by atoms with Crippen molar-refractivity contribution in [3.63, 3.8) is 0 Å². The van der Waals surface area contributed by atoms with Crippen molar-refractivity contribution in [1.82, 2.24) is 20.1 Å². The predicted molar refractivity (Wildman–Crippen MR) is 163 cm³/mol. The number of anilines is 1. The number of amides is 2. The van der Waals surface area contributed by atoms with Crippen molar-refractivity contribution in [2.45, 2.75) is 53.9 Å². The molecule has 2 amide bonds.